The first-order valence-electron chi connectivity index (χ1n) is 6.84. The molecule has 0 saturated heterocycles. The minimum Gasteiger partial charge on any atom is -0.481 e. The quantitative estimate of drug-likeness (QED) is 0.811. The smallest absolute Gasteiger partial charge is 0.306 e. The molecule has 4 heteroatoms. The summed E-state index contributed by atoms with van der Waals surface area (Å²) in [5.74, 6) is -1.11. The summed E-state index contributed by atoms with van der Waals surface area (Å²) in [6, 6.07) is 7.37. The fourth-order valence-corrected chi connectivity index (χ4v) is 2.24. The van der Waals surface area contributed by atoms with Crippen molar-refractivity contribution in [3.8, 4) is 0 Å². The van der Waals surface area contributed by atoms with Gasteiger partial charge in [-0.25, -0.2) is 0 Å². The Hall–Kier alpha value is -2.10. The highest BCUT2D eigenvalue weighted by atomic mass is 16.4. The van der Waals surface area contributed by atoms with Gasteiger partial charge in [-0.1, -0.05) is 31.2 Å². The van der Waals surface area contributed by atoms with Crippen molar-refractivity contribution in [3.05, 3.63) is 42.0 Å². The molecule has 1 aliphatic carbocycles. The first kappa shape index (κ1) is 14.3. The standard InChI is InChI=1S/C16H19NO3/c1-11(16(19)20)10-12-6-8-14(9-7-12)17-15(18)13-4-2-3-5-13/h2-3,6-9,11,13H,4-5,10H2,1H3,(H,17,18)(H,19,20). The highest BCUT2D eigenvalue weighted by Crippen LogP contribution is 2.20. The van der Waals surface area contributed by atoms with Gasteiger partial charge in [0.15, 0.2) is 0 Å². The molecule has 1 amide bonds. The Kier molecular flexibility index (Phi) is 4.56. The number of hydrogen-bond acceptors (Lipinski definition) is 2. The van der Waals surface area contributed by atoms with E-state index in [0.29, 0.717) is 6.42 Å². The summed E-state index contributed by atoms with van der Waals surface area (Å²) in [6.07, 6.45) is 6.16. The number of carboxylic acid groups (broad SMARTS) is 1. The van der Waals surface area contributed by atoms with Gasteiger partial charge in [0.05, 0.1) is 5.92 Å². The molecule has 0 aromatic heterocycles. The third-order valence-corrected chi connectivity index (χ3v) is 3.56. The van der Waals surface area contributed by atoms with Gasteiger partial charge in [-0.2, -0.15) is 0 Å². The van der Waals surface area contributed by atoms with Crippen LogP contribution in [0, 0.1) is 11.8 Å². The monoisotopic (exact) mass is 273 g/mol. The largest absolute Gasteiger partial charge is 0.481 e. The van der Waals surface area contributed by atoms with Gasteiger partial charge in [0.2, 0.25) is 5.91 Å². The van der Waals surface area contributed by atoms with Gasteiger partial charge in [0.25, 0.3) is 0 Å². The third-order valence-electron chi connectivity index (χ3n) is 3.56. The van der Waals surface area contributed by atoms with Gasteiger partial charge in [-0.15, -0.1) is 0 Å². The Balaban J connectivity index is 1.91. The first-order valence-corrected chi connectivity index (χ1v) is 6.84. The van der Waals surface area contributed by atoms with Crippen molar-refractivity contribution in [2.24, 2.45) is 11.8 Å². The number of aliphatic carboxylic acids is 1. The molecular formula is C16H19NO3. The predicted octanol–water partition coefficient (Wildman–Crippen LogP) is 2.85. The lowest BCUT2D eigenvalue weighted by Crippen LogP contribution is -2.20. The van der Waals surface area contributed by atoms with Crippen LogP contribution in [0.25, 0.3) is 0 Å². The molecule has 1 aliphatic rings. The highest BCUT2D eigenvalue weighted by Gasteiger charge is 2.19. The summed E-state index contributed by atoms with van der Waals surface area (Å²) in [7, 11) is 0. The van der Waals surface area contributed by atoms with E-state index in [0.717, 1.165) is 24.1 Å². The van der Waals surface area contributed by atoms with Crippen LogP contribution in [-0.2, 0) is 16.0 Å². The lowest BCUT2D eigenvalue weighted by molar-refractivity contribution is -0.141. The van der Waals surface area contributed by atoms with E-state index in [2.05, 4.69) is 5.32 Å². The van der Waals surface area contributed by atoms with E-state index >= 15 is 0 Å². The Labute approximate surface area is 118 Å². The number of amides is 1. The Morgan fingerprint density at radius 3 is 2.40 bits per heavy atom. The maximum Gasteiger partial charge on any atom is 0.306 e. The van der Waals surface area contributed by atoms with E-state index in [9.17, 15) is 9.59 Å². The second kappa shape index (κ2) is 6.37. The number of hydrogen-bond donors (Lipinski definition) is 2. The fraction of sp³-hybridized carbons (Fsp3) is 0.375. The van der Waals surface area contributed by atoms with Crippen molar-refractivity contribution >= 4 is 17.6 Å². The molecule has 0 bridgehead atoms. The van der Waals surface area contributed by atoms with Gasteiger partial charge >= 0.3 is 5.97 Å². The van der Waals surface area contributed by atoms with Crippen molar-refractivity contribution in [3.63, 3.8) is 0 Å². The zero-order valence-electron chi connectivity index (χ0n) is 11.5. The maximum absolute atomic E-state index is 11.9. The molecule has 2 N–H and O–H groups in total. The van der Waals surface area contributed by atoms with E-state index in [-0.39, 0.29) is 11.8 Å². The van der Waals surface area contributed by atoms with Crippen LogP contribution in [0.5, 0.6) is 0 Å². The van der Waals surface area contributed by atoms with Crippen LogP contribution in [-0.4, -0.2) is 17.0 Å². The summed E-state index contributed by atoms with van der Waals surface area (Å²) in [6.45, 7) is 1.69. The van der Waals surface area contributed by atoms with E-state index in [1.165, 1.54) is 0 Å². The van der Waals surface area contributed by atoms with Crippen LogP contribution in [0.15, 0.2) is 36.4 Å². The van der Waals surface area contributed by atoms with Crippen LogP contribution in [0.3, 0.4) is 0 Å². The minimum atomic E-state index is -0.795. The van der Waals surface area contributed by atoms with Gasteiger partial charge < -0.3 is 10.4 Å². The molecule has 1 atom stereocenters. The first-order chi connectivity index (χ1) is 9.56. The van der Waals surface area contributed by atoms with Gasteiger partial charge in [-0.05, 0) is 37.0 Å². The molecule has 4 nitrogen and oxygen atoms in total. The Morgan fingerprint density at radius 1 is 1.25 bits per heavy atom. The van der Waals surface area contributed by atoms with Crippen LogP contribution >= 0.6 is 0 Å². The molecule has 1 unspecified atom stereocenters. The van der Waals surface area contributed by atoms with E-state index in [1.807, 2.05) is 36.4 Å². The molecule has 0 radical (unpaired) electrons. The zero-order chi connectivity index (χ0) is 14.5. The van der Waals surface area contributed by atoms with Crippen LogP contribution in [0.1, 0.15) is 25.3 Å². The van der Waals surface area contributed by atoms with Crippen LogP contribution < -0.4 is 5.32 Å². The molecular weight excluding hydrogens is 254 g/mol. The molecule has 1 aromatic carbocycles. The number of carboxylic acids is 1. The number of benzene rings is 1. The number of rotatable bonds is 5. The predicted molar refractivity (Wildman–Crippen MR) is 77.4 cm³/mol. The summed E-state index contributed by atoms with van der Waals surface area (Å²) < 4.78 is 0. The van der Waals surface area contributed by atoms with Crippen LogP contribution in [0.2, 0.25) is 0 Å². The Bertz CT molecular complexity index is 511. The van der Waals surface area contributed by atoms with Crippen molar-refractivity contribution < 1.29 is 14.7 Å². The molecule has 2 rings (SSSR count). The second-order valence-electron chi connectivity index (χ2n) is 5.27. The summed E-state index contributed by atoms with van der Waals surface area (Å²) in [5.41, 5.74) is 1.72. The van der Waals surface area contributed by atoms with E-state index < -0.39 is 11.9 Å². The molecule has 1 aromatic rings. The lowest BCUT2D eigenvalue weighted by atomic mass is 10.0. The Morgan fingerprint density at radius 2 is 1.85 bits per heavy atom. The normalized spacial score (nSPS) is 16.1. The SMILES string of the molecule is CC(Cc1ccc(NC(=O)C2CC=CC2)cc1)C(=O)O. The number of allylic oxidation sites excluding steroid dienone is 2. The average molecular weight is 273 g/mol. The average Bonchev–Trinajstić information content (AvgIpc) is 2.95. The highest BCUT2D eigenvalue weighted by molar-refractivity contribution is 5.93. The maximum atomic E-state index is 11.9. The van der Waals surface area contributed by atoms with Gasteiger partial charge in [0, 0.05) is 11.6 Å². The molecule has 0 saturated carbocycles. The molecule has 20 heavy (non-hydrogen) atoms. The topological polar surface area (TPSA) is 66.4 Å². The van der Waals surface area contributed by atoms with Crippen molar-refractivity contribution in [2.45, 2.75) is 26.2 Å². The zero-order valence-corrected chi connectivity index (χ0v) is 11.5. The number of carbonyl (C=O) groups excluding carboxylic acids is 1. The van der Waals surface area contributed by atoms with Gasteiger partial charge in [-0.3, -0.25) is 9.59 Å². The molecule has 0 spiro atoms. The summed E-state index contributed by atoms with van der Waals surface area (Å²) in [5, 5.41) is 11.8. The minimum absolute atomic E-state index is 0.0432. The number of nitrogens with one attached hydrogen (secondary N) is 1. The number of anilines is 1. The van der Waals surface area contributed by atoms with Crippen molar-refractivity contribution in [1.82, 2.24) is 0 Å². The molecule has 106 valence electrons. The second-order valence-corrected chi connectivity index (χ2v) is 5.27. The molecule has 0 aliphatic heterocycles. The molecule has 0 fully saturated rings. The number of carbonyl (C=O) groups is 2. The van der Waals surface area contributed by atoms with E-state index in [1.54, 1.807) is 6.92 Å². The van der Waals surface area contributed by atoms with E-state index in [4.69, 9.17) is 5.11 Å². The van der Waals surface area contributed by atoms with Gasteiger partial charge in [0.1, 0.15) is 0 Å². The molecule has 0 heterocycles. The summed E-state index contributed by atoms with van der Waals surface area (Å²) in [4.78, 5) is 22.7. The van der Waals surface area contributed by atoms with Crippen molar-refractivity contribution in [1.29, 1.82) is 0 Å². The van der Waals surface area contributed by atoms with Crippen LogP contribution in [0.4, 0.5) is 5.69 Å². The van der Waals surface area contributed by atoms with Crippen molar-refractivity contribution in [2.75, 3.05) is 5.32 Å². The fourth-order valence-electron chi connectivity index (χ4n) is 2.24. The third kappa shape index (κ3) is 3.70. The lowest BCUT2D eigenvalue weighted by Gasteiger charge is -2.11. The summed E-state index contributed by atoms with van der Waals surface area (Å²) >= 11 is 0.